The fourth-order valence-corrected chi connectivity index (χ4v) is 1.66. The summed E-state index contributed by atoms with van der Waals surface area (Å²) in [6.45, 7) is 7.49. The number of nitrogens with zero attached hydrogens (tertiary/aromatic N) is 2. The van der Waals surface area contributed by atoms with E-state index in [1.807, 2.05) is 27.7 Å². The van der Waals surface area contributed by atoms with Crippen LogP contribution in [0.1, 0.15) is 46.2 Å². The molecule has 1 amide bonds. The molecule has 0 saturated heterocycles. The average molecular weight is 280 g/mol. The Bertz CT molecular complexity index is 426. The van der Waals surface area contributed by atoms with Gasteiger partial charge >= 0.3 is 6.09 Å². The third-order valence-corrected chi connectivity index (χ3v) is 2.56. The number of hydrogen-bond donors (Lipinski definition) is 2. The predicted molar refractivity (Wildman–Crippen MR) is 78.2 cm³/mol. The maximum absolute atomic E-state index is 11.6. The molecule has 0 radical (unpaired) electrons. The summed E-state index contributed by atoms with van der Waals surface area (Å²) in [5.41, 5.74) is 5.91. The van der Waals surface area contributed by atoms with Crippen LogP contribution in [-0.2, 0) is 11.2 Å². The Morgan fingerprint density at radius 1 is 1.40 bits per heavy atom. The van der Waals surface area contributed by atoms with Crippen molar-refractivity contribution in [1.82, 2.24) is 15.3 Å². The number of carbonyl (C=O) groups is 1. The largest absolute Gasteiger partial charge is 0.444 e. The van der Waals surface area contributed by atoms with Crippen molar-refractivity contribution in [3.05, 3.63) is 18.1 Å². The summed E-state index contributed by atoms with van der Waals surface area (Å²) in [5, 5.41) is 2.81. The van der Waals surface area contributed by atoms with Crippen LogP contribution in [0.5, 0.6) is 0 Å². The van der Waals surface area contributed by atoms with E-state index in [9.17, 15) is 4.79 Å². The maximum atomic E-state index is 11.6. The number of alkyl carbamates (subject to hydrolysis) is 1. The van der Waals surface area contributed by atoms with Gasteiger partial charge in [0.2, 0.25) is 0 Å². The third kappa shape index (κ3) is 6.92. The van der Waals surface area contributed by atoms with E-state index >= 15 is 0 Å². The number of nitrogens with one attached hydrogen (secondary N) is 1. The second kappa shape index (κ2) is 7.07. The molecule has 6 nitrogen and oxygen atoms in total. The van der Waals surface area contributed by atoms with Gasteiger partial charge in [-0.25, -0.2) is 9.78 Å². The highest BCUT2D eigenvalue weighted by atomic mass is 16.6. The van der Waals surface area contributed by atoms with Crippen molar-refractivity contribution in [2.75, 3.05) is 5.73 Å². The molecule has 20 heavy (non-hydrogen) atoms. The monoisotopic (exact) mass is 280 g/mol. The van der Waals surface area contributed by atoms with E-state index in [1.54, 1.807) is 12.4 Å². The van der Waals surface area contributed by atoms with E-state index in [0.717, 1.165) is 25.0 Å². The van der Waals surface area contributed by atoms with Gasteiger partial charge in [-0.05, 0) is 47.0 Å². The van der Waals surface area contributed by atoms with Crippen LogP contribution in [0.3, 0.4) is 0 Å². The SMILES string of the molecule is C[C@@H](CCCc1cnc(N)cn1)NC(=O)OC(C)(C)C. The molecular weight excluding hydrogens is 256 g/mol. The van der Waals surface area contributed by atoms with Gasteiger partial charge in [-0.3, -0.25) is 4.98 Å². The van der Waals surface area contributed by atoms with E-state index in [0.29, 0.717) is 5.82 Å². The Morgan fingerprint density at radius 3 is 2.65 bits per heavy atom. The van der Waals surface area contributed by atoms with E-state index in [1.165, 1.54) is 0 Å². The molecule has 0 aliphatic rings. The average Bonchev–Trinajstić information content (AvgIpc) is 2.29. The third-order valence-electron chi connectivity index (χ3n) is 2.56. The summed E-state index contributed by atoms with van der Waals surface area (Å²) in [6, 6.07) is 0.0617. The van der Waals surface area contributed by atoms with Crippen LogP contribution in [0.25, 0.3) is 0 Å². The Labute approximate surface area is 120 Å². The van der Waals surface area contributed by atoms with E-state index in [4.69, 9.17) is 10.5 Å². The summed E-state index contributed by atoms with van der Waals surface area (Å²) in [7, 11) is 0. The lowest BCUT2D eigenvalue weighted by atomic mass is 10.1. The summed E-state index contributed by atoms with van der Waals surface area (Å²) in [5.74, 6) is 0.425. The van der Waals surface area contributed by atoms with Gasteiger partial charge in [0.05, 0.1) is 18.1 Å². The molecule has 0 saturated carbocycles. The van der Waals surface area contributed by atoms with Gasteiger partial charge < -0.3 is 15.8 Å². The highest BCUT2D eigenvalue weighted by molar-refractivity contribution is 5.67. The number of aromatic nitrogens is 2. The lowest BCUT2D eigenvalue weighted by molar-refractivity contribution is 0.0506. The van der Waals surface area contributed by atoms with Crippen LogP contribution in [0, 0.1) is 0 Å². The molecule has 1 aromatic heterocycles. The molecule has 1 heterocycles. The van der Waals surface area contributed by atoms with Crippen molar-refractivity contribution < 1.29 is 9.53 Å². The van der Waals surface area contributed by atoms with Crippen LogP contribution >= 0.6 is 0 Å². The van der Waals surface area contributed by atoms with Crippen molar-refractivity contribution in [3.8, 4) is 0 Å². The van der Waals surface area contributed by atoms with Crippen molar-refractivity contribution in [1.29, 1.82) is 0 Å². The van der Waals surface area contributed by atoms with E-state index in [-0.39, 0.29) is 12.1 Å². The Kier molecular flexibility index (Phi) is 5.73. The first-order valence-electron chi connectivity index (χ1n) is 6.82. The fourth-order valence-electron chi connectivity index (χ4n) is 1.66. The number of aryl methyl sites for hydroxylation is 1. The van der Waals surface area contributed by atoms with Gasteiger partial charge in [-0.2, -0.15) is 0 Å². The van der Waals surface area contributed by atoms with Crippen molar-refractivity contribution in [2.24, 2.45) is 0 Å². The highest BCUT2D eigenvalue weighted by Crippen LogP contribution is 2.08. The molecule has 0 aliphatic heterocycles. The van der Waals surface area contributed by atoms with Crippen LogP contribution in [-0.4, -0.2) is 27.7 Å². The minimum absolute atomic E-state index is 0.0617. The number of nitrogens with two attached hydrogens (primary N) is 1. The summed E-state index contributed by atoms with van der Waals surface area (Å²) >= 11 is 0. The Morgan fingerprint density at radius 2 is 2.10 bits per heavy atom. The first-order chi connectivity index (χ1) is 9.26. The van der Waals surface area contributed by atoms with Crippen LogP contribution in [0.4, 0.5) is 10.6 Å². The maximum Gasteiger partial charge on any atom is 0.407 e. The fraction of sp³-hybridized carbons (Fsp3) is 0.643. The molecule has 1 rings (SSSR count). The number of carbonyl (C=O) groups excluding carboxylic acids is 1. The Balaban J connectivity index is 2.24. The van der Waals surface area contributed by atoms with Gasteiger partial charge in [-0.15, -0.1) is 0 Å². The van der Waals surface area contributed by atoms with Crippen molar-refractivity contribution in [3.63, 3.8) is 0 Å². The van der Waals surface area contributed by atoms with Gasteiger partial charge in [0.25, 0.3) is 0 Å². The Hall–Kier alpha value is -1.85. The number of ether oxygens (including phenoxy) is 1. The second-order valence-corrected chi connectivity index (χ2v) is 5.87. The molecule has 3 N–H and O–H groups in total. The first-order valence-corrected chi connectivity index (χ1v) is 6.82. The van der Waals surface area contributed by atoms with Gasteiger partial charge in [0, 0.05) is 6.04 Å². The molecule has 0 aliphatic carbocycles. The lowest BCUT2D eigenvalue weighted by Gasteiger charge is -2.21. The number of amides is 1. The van der Waals surface area contributed by atoms with E-state index in [2.05, 4.69) is 15.3 Å². The van der Waals surface area contributed by atoms with E-state index < -0.39 is 5.60 Å². The minimum atomic E-state index is -0.469. The molecule has 6 heteroatoms. The first kappa shape index (κ1) is 16.2. The van der Waals surface area contributed by atoms with Crippen LogP contribution in [0.15, 0.2) is 12.4 Å². The number of rotatable bonds is 5. The van der Waals surface area contributed by atoms with Gasteiger partial charge in [-0.1, -0.05) is 0 Å². The molecule has 112 valence electrons. The zero-order valence-electron chi connectivity index (χ0n) is 12.6. The van der Waals surface area contributed by atoms with Crippen molar-refractivity contribution >= 4 is 11.9 Å². The quantitative estimate of drug-likeness (QED) is 0.863. The zero-order chi connectivity index (χ0) is 15.2. The zero-order valence-corrected chi connectivity index (χ0v) is 12.6. The predicted octanol–water partition coefficient (Wildman–Crippen LogP) is 2.29. The molecule has 0 fully saturated rings. The molecule has 0 bridgehead atoms. The van der Waals surface area contributed by atoms with Crippen LogP contribution < -0.4 is 11.1 Å². The molecule has 1 aromatic rings. The topological polar surface area (TPSA) is 90.1 Å². The number of hydrogen-bond acceptors (Lipinski definition) is 5. The normalized spacial score (nSPS) is 12.8. The molecule has 0 spiro atoms. The molecule has 0 unspecified atom stereocenters. The molecule has 0 aromatic carbocycles. The second-order valence-electron chi connectivity index (χ2n) is 5.87. The smallest absolute Gasteiger partial charge is 0.407 e. The minimum Gasteiger partial charge on any atom is -0.444 e. The standard InChI is InChI=1S/C14H24N4O2/c1-10(18-13(19)20-14(2,3)4)6-5-7-11-8-17-12(15)9-16-11/h8-10H,5-7H2,1-4H3,(H2,15,17)(H,18,19)/t10-/m0/s1. The molecular formula is C14H24N4O2. The summed E-state index contributed by atoms with van der Waals surface area (Å²) in [6.07, 6.45) is 5.44. The highest BCUT2D eigenvalue weighted by Gasteiger charge is 2.17. The summed E-state index contributed by atoms with van der Waals surface area (Å²) in [4.78, 5) is 19.7. The van der Waals surface area contributed by atoms with Crippen molar-refractivity contribution in [2.45, 2.75) is 58.6 Å². The number of anilines is 1. The lowest BCUT2D eigenvalue weighted by Crippen LogP contribution is -2.37. The number of nitrogen functional groups attached to an aromatic ring is 1. The van der Waals surface area contributed by atoms with Gasteiger partial charge in [0.1, 0.15) is 11.4 Å². The van der Waals surface area contributed by atoms with Crippen LogP contribution in [0.2, 0.25) is 0 Å². The summed E-state index contributed by atoms with van der Waals surface area (Å²) < 4.78 is 5.20. The van der Waals surface area contributed by atoms with Gasteiger partial charge in [0.15, 0.2) is 0 Å². The molecule has 1 atom stereocenters.